The molecular weight excluding hydrogens is 286 g/mol. The normalized spacial score (nSPS) is 61.2. The minimum absolute atomic E-state index is 0.386. The predicted molar refractivity (Wildman–Crippen MR) is 68.2 cm³/mol. The average Bonchev–Trinajstić information content (AvgIpc) is 2.91. The van der Waals surface area contributed by atoms with E-state index in [-0.39, 0.29) is 0 Å². The van der Waals surface area contributed by atoms with Crippen LogP contribution in [-0.2, 0) is 0 Å². The zero-order valence-corrected chi connectivity index (χ0v) is 11.4. The first-order valence-electron chi connectivity index (χ1n) is 5.61. The summed E-state index contributed by atoms with van der Waals surface area (Å²) in [6, 6.07) is 0. The molecule has 4 aliphatic carbocycles. The Morgan fingerprint density at radius 1 is 0.938 bits per heavy atom. The Hall–Kier alpha value is 0.640. The lowest BCUT2D eigenvalue weighted by Crippen LogP contribution is -2.38. The van der Waals surface area contributed by atoms with E-state index in [1.807, 2.05) is 0 Å². The fourth-order valence-corrected chi connectivity index (χ4v) is 6.59. The maximum atomic E-state index is 6.73. The second-order valence-electron chi connectivity index (χ2n) is 5.53. The molecule has 0 aromatic rings. The van der Waals surface area contributed by atoms with Crippen molar-refractivity contribution in [1.29, 1.82) is 0 Å². The van der Waals surface area contributed by atoms with E-state index in [1.165, 1.54) is 6.42 Å². The van der Waals surface area contributed by atoms with E-state index >= 15 is 0 Å². The molecule has 4 rings (SSSR count). The van der Waals surface area contributed by atoms with Crippen LogP contribution in [0.1, 0.15) is 12.8 Å². The molecule has 0 nitrogen and oxygen atoms in total. The predicted octanol–water partition coefficient (Wildman–Crippen LogP) is 4.49. The minimum Gasteiger partial charge on any atom is -0.113 e. The fraction of sp³-hybridized carbons (Fsp3) is 0.667. The van der Waals surface area contributed by atoms with Crippen molar-refractivity contribution in [2.24, 2.45) is 23.7 Å². The molecule has 2 saturated carbocycles. The molecular formula is C12H10Cl4. The van der Waals surface area contributed by atoms with Crippen molar-refractivity contribution in [1.82, 2.24) is 0 Å². The lowest BCUT2D eigenvalue weighted by atomic mass is 9.75. The molecule has 0 N–H and O–H groups in total. The average molecular weight is 296 g/mol. The van der Waals surface area contributed by atoms with E-state index in [0.29, 0.717) is 40.2 Å². The smallest absolute Gasteiger partial charge is 0.0870 e. The molecule has 4 aliphatic rings. The molecule has 6 atom stereocenters. The number of allylic oxidation sites excluding steroid dienone is 4. The highest BCUT2D eigenvalue weighted by Gasteiger charge is 2.73. The minimum atomic E-state index is -0.491. The molecule has 0 saturated heterocycles. The highest BCUT2D eigenvalue weighted by atomic mass is 35.5. The highest BCUT2D eigenvalue weighted by molar-refractivity contribution is 6.51. The van der Waals surface area contributed by atoms with Gasteiger partial charge in [-0.05, 0) is 36.5 Å². The number of rotatable bonds is 0. The van der Waals surface area contributed by atoms with Crippen LogP contribution in [0.25, 0.3) is 0 Å². The lowest BCUT2D eigenvalue weighted by Gasteiger charge is -2.38. The van der Waals surface area contributed by atoms with Crippen LogP contribution in [0, 0.1) is 23.7 Å². The van der Waals surface area contributed by atoms with Crippen molar-refractivity contribution in [3.05, 3.63) is 22.2 Å². The Morgan fingerprint density at radius 3 is 1.81 bits per heavy atom. The Labute approximate surface area is 115 Å². The Morgan fingerprint density at radius 2 is 1.38 bits per heavy atom. The summed E-state index contributed by atoms with van der Waals surface area (Å²) in [5, 5.41) is 1.21. The summed E-state index contributed by atoms with van der Waals surface area (Å²) >= 11 is 26.1. The van der Waals surface area contributed by atoms with Gasteiger partial charge in [0.15, 0.2) is 0 Å². The van der Waals surface area contributed by atoms with Crippen molar-refractivity contribution < 1.29 is 0 Å². The quantitative estimate of drug-likeness (QED) is 0.351. The van der Waals surface area contributed by atoms with E-state index < -0.39 is 9.75 Å². The highest BCUT2D eigenvalue weighted by Crippen LogP contribution is 2.75. The Bertz CT molecular complexity index is 416. The third-order valence-electron chi connectivity index (χ3n) is 4.95. The zero-order chi connectivity index (χ0) is 11.3. The second-order valence-corrected chi connectivity index (χ2v) is 7.63. The fourth-order valence-electron chi connectivity index (χ4n) is 4.49. The zero-order valence-electron chi connectivity index (χ0n) is 8.39. The molecule has 2 fully saturated rings. The van der Waals surface area contributed by atoms with Gasteiger partial charge in [-0.15, -0.1) is 23.2 Å². The molecule has 0 amide bonds. The van der Waals surface area contributed by atoms with Crippen molar-refractivity contribution in [2.45, 2.75) is 22.6 Å². The van der Waals surface area contributed by atoms with Crippen LogP contribution in [0.2, 0.25) is 0 Å². The van der Waals surface area contributed by atoms with E-state index in [4.69, 9.17) is 46.4 Å². The summed E-state index contributed by atoms with van der Waals surface area (Å²) in [7, 11) is 0. The van der Waals surface area contributed by atoms with Gasteiger partial charge in [0.05, 0.1) is 19.8 Å². The third kappa shape index (κ3) is 0.880. The number of alkyl halides is 2. The summed E-state index contributed by atoms with van der Waals surface area (Å²) in [4.78, 5) is -0.982. The summed E-state index contributed by atoms with van der Waals surface area (Å²) in [6.07, 6.45) is 6.45. The van der Waals surface area contributed by atoms with Gasteiger partial charge in [0.25, 0.3) is 0 Å². The van der Waals surface area contributed by atoms with Gasteiger partial charge in [-0.1, -0.05) is 35.4 Å². The van der Waals surface area contributed by atoms with Crippen LogP contribution in [0.4, 0.5) is 0 Å². The molecule has 0 aromatic heterocycles. The van der Waals surface area contributed by atoms with Crippen LogP contribution in [0.15, 0.2) is 22.2 Å². The summed E-state index contributed by atoms with van der Waals surface area (Å²) in [5.74, 6) is 1.87. The molecule has 4 heteroatoms. The summed E-state index contributed by atoms with van der Waals surface area (Å²) in [5.41, 5.74) is 0. The van der Waals surface area contributed by atoms with Gasteiger partial charge < -0.3 is 0 Å². The van der Waals surface area contributed by atoms with E-state index in [0.717, 1.165) is 0 Å². The molecule has 0 aliphatic heterocycles. The maximum Gasteiger partial charge on any atom is 0.0870 e. The van der Waals surface area contributed by atoms with Gasteiger partial charge >= 0.3 is 0 Å². The number of hydrogen-bond donors (Lipinski definition) is 0. The van der Waals surface area contributed by atoms with Gasteiger partial charge in [-0.25, -0.2) is 0 Å². The van der Waals surface area contributed by atoms with Gasteiger partial charge in [0, 0.05) is 0 Å². The standard InChI is InChI=1S/C12H10Cl4/c13-9-10(14)12(16)4-11(9,15)7-5-1-2-6(3-5)8(7)12/h1-2,5-8H,3-4H2/t5-,6+,7?,8?,11-,12+. The summed E-state index contributed by atoms with van der Waals surface area (Å²) < 4.78 is 0. The summed E-state index contributed by atoms with van der Waals surface area (Å²) in [6.45, 7) is 0. The van der Waals surface area contributed by atoms with E-state index in [1.54, 1.807) is 0 Å². The molecule has 0 spiro atoms. The topological polar surface area (TPSA) is 0 Å². The third-order valence-corrected chi connectivity index (χ3v) is 7.44. The van der Waals surface area contributed by atoms with Crippen LogP contribution in [0.5, 0.6) is 0 Å². The van der Waals surface area contributed by atoms with E-state index in [2.05, 4.69) is 12.2 Å². The van der Waals surface area contributed by atoms with E-state index in [9.17, 15) is 0 Å². The van der Waals surface area contributed by atoms with Crippen molar-refractivity contribution >= 4 is 46.4 Å². The van der Waals surface area contributed by atoms with Crippen LogP contribution >= 0.6 is 46.4 Å². The number of halogens is 4. The molecule has 0 heterocycles. The van der Waals surface area contributed by atoms with Crippen molar-refractivity contribution in [3.63, 3.8) is 0 Å². The van der Waals surface area contributed by atoms with Gasteiger partial charge in [-0.2, -0.15) is 0 Å². The second kappa shape index (κ2) is 2.79. The molecule has 16 heavy (non-hydrogen) atoms. The van der Waals surface area contributed by atoms with Gasteiger partial charge in [0.2, 0.25) is 0 Å². The monoisotopic (exact) mass is 294 g/mol. The van der Waals surface area contributed by atoms with Gasteiger partial charge in [0.1, 0.15) is 0 Å². The van der Waals surface area contributed by atoms with Crippen molar-refractivity contribution in [3.8, 4) is 0 Å². The molecule has 0 radical (unpaired) electrons. The van der Waals surface area contributed by atoms with Crippen LogP contribution in [-0.4, -0.2) is 9.75 Å². The van der Waals surface area contributed by atoms with Gasteiger partial charge in [-0.3, -0.25) is 0 Å². The molecule has 4 bridgehead atoms. The first-order chi connectivity index (χ1) is 7.48. The molecule has 86 valence electrons. The largest absolute Gasteiger partial charge is 0.113 e. The van der Waals surface area contributed by atoms with Crippen molar-refractivity contribution in [2.75, 3.05) is 0 Å². The van der Waals surface area contributed by atoms with Crippen LogP contribution in [0.3, 0.4) is 0 Å². The number of hydrogen-bond acceptors (Lipinski definition) is 0. The number of fused-ring (bicyclic) bond motifs is 9. The first kappa shape index (κ1) is 10.6. The molecule has 2 unspecified atom stereocenters. The first-order valence-corrected chi connectivity index (χ1v) is 7.12. The lowest BCUT2D eigenvalue weighted by molar-refractivity contribution is 0.305. The maximum absolute atomic E-state index is 6.73. The SMILES string of the molecule is ClC1=C(Cl)[C@@]2(Cl)C[C@]1(Cl)C1C2[C@@H]2C=C[C@H]1C2. The molecule has 0 aromatic carbocycles. The Balaban J connectivity index is 1.95. The van der Waals surface area contributed by atoms with Crippen LogP contribution < -0.4 is 0 Å². The Kier molecular flexibility index (Phi) is 1.84.